The van der Waals surface area contributed by atoms with E-state index in [0.717, 1.165) is 23.7 Å². The number of hydrogen-bond donors (Lipinski definition) is 1. The Hall–Kier alpha value is -1.23. The molecule has 4 heteroatoms. The fourth-order valence-electron chi connectivity index (χ4n) is 2.69. The predicted octanol–water partition coefficient (Wildman–Crippen LogP) is 5.06. The molecule has 0 aliphatic rings. The monoisotopic (exact) mass is 316 g/mol. The minimum absolute atomic E-state index is 0.249. The van der Waals surface area contributed by atoms with Gasteiger partial charge in [0.25, 0.3) is 0 Å². The SMILES string of the molecule is CCCNC(c1sc(C)nc1C)c1cccc2ccsc12. The fraction of sp³-hybridized carbons (Fsp3) is 0.353. The summed E-state index contributed by atoms with van der Waals surface area (Å²) in [5.41, 5.74) is 2.53. The Morgan fingerprint density at radius 3 is 2.81 bits per heavy atom. The number of fused-ring (bicyclic) bond motifs is 1. The molecule has 0 saturated carbocycles. The van der Waals surface area contributed by atoms with Gasteiger partial charge in [-0.1, -0.05) is 25.1 Å². The molecule has 0 spiro atoms. The van der Waals surface area contributed by atoms with Gasteiger partial charge in [0.05, 0.1) is 16.7 Å². The molecule has 0 aliphatic heterocycles. The highest BCUT2D eigenvalue weighted by atomic mass is 32.1. The van der Waals surface area contributed by atoms with Crippen molar-refractivity contribution in [2.45, 2.75) is 33.2 Å². The lowest BCUT2D eigenvalue weighted by Gasteiger charge is -2.19. The van der Waals surface area contributed by atoms with Crippen molar-refractivity contribution < 1.29 is 0 Å². The third-order valence-electron chi connectivity index (χ3n) is 3.62. The lowest BCUT2D eigenvalue weighted by molar-refractivity contribution is 0.606. The minimum Gasteiger partial charge on any atom is -0.305 e. The van der Waals surface area contributed by atoms with Crippen LogP contribution in [0.5, 0.6) is 0 Å². The number of nitrogens with one attached hydrogen (secondary N) is 1. The van der Waals surface area contributed by atoms with Gasteiger partial charge in [-0.2, -0.15) is 0 Å². The van der Waals surface area contributed by atoms with Crippen molar-refractivity contribution in [3.05, 3.63) is 50.8 Å². The van der Waals surface area contributed by atoms with Gasteiger partial charge in [-0.05, 0) is 49.2 Å². The first-order valence-electron chi connectivity index (χ1n) is 7.34. The van der Waals surface area contributed by atoms with Gasteiger partial charge < -0.3 is 5.32 Å². The highest BCUT2D eigenvalue weighted by Crippen LogP contribution is 2.35. The van der Waals surface area contributed by atoms with E-state index in [0.29, 0.717) is 0 Å². The summed E-state index contributed by atoms with van der Waals surface area (Å²) in [6.07, 6.45) is 1.13. The molecule has 110 valence electrons. The van der Waals surface area contributed by atoms with Crippen LogP contribution in [0.4, 0.5) is 0 Å². The number of aryl methyl sites for hydroxylation is 2. The average Bonchev–Trinajstić information content (AvgIpc) is 3.06. The van der Waals surface area contributed by atoms with Gasteiger partial charge >= 0.3 is 0 Å². The van der Waals surface area contributed by atoms with E-state index in [1.807, 2.05) is 22.7 Å². The largest absolute Gasteiger partial charge is 0.305 e. The van der Waals surface area contributed by atoms with E-state index in [4.69, 9.17) is 0 Å². The fourth-order valence-corrected chi connectivity index (χ4v) is 4.66. The topological polar surface area (TPSA) is 24.9 Å². The van der Waals surface area contributed by atoms with Gasteiger partial charge in [-0.15, -0.1) is 22.7 Å². The molecule has 1 aromatic carbocycles. The summed E-state index contributed by atoms with van der Waals surface area (Å²) in [5, 5.41) is 8.37. The normalized spacial score (nSPS) is 12.9. The van der Waals surface area contributed by atoms with Gasteiger partial charge in [0.2, 0.25) is 0 Å². The van der Waals surface area contributed by atoms with Gasteiger partial charge in [0.1, 0.15) is 0 Å². The Balaban J connectivity index is 2.11. The molecule has 0 saturated heterocycles. The van der Waals surface area contributed by atoms with Gasteiger partial charge in [0.15, 0.2) is 0 Å². The second kappa shape index (κ2) is 6.26. The van der Waals surface area contributed by atoms with E-state index in [9.17, 15) is 0 Å². The number of nitrogens with zero attached hydrogens (tertiary/aromatic N) is 1. The summed E-state index contributed by atoms with van der Waals surface area (Å²) in [6, 6.07) is 9.05. The quantitative estimate of drug-likeness (QED) is 0.711. The van der Waals surface area contributed by atoms with Crippen LogP contribution in [0.3, 0.4) is 0 Å². The lowest BCUT2D eigenvalue weighted by Crippen LogP contribution is -2.23. The maximum absolute atomic E-state index is 4.62. The molecular formula is C17H20N2S2. The molecule has 1 atom stereocenters. The first-order chi connectivity index (χ1) is 10.2. The van der Waals surface area contributed by atoms with E-state index in [1.54, 1.807) is 0 Å². The molecule has 1 N–H and O–H groups in total. The summed E-state index contributed by atoms with van der Waals surface area (Å²) in [5.74, 6) is 0. The molecule has 2 heterocycles. The van der Waals surface area contributed by atoms with Crippen molar-refractivity contribution in [2.75, 3.05) is 6.54 Å². The number of thiazole rings is 1. The van der Waals surface area contributed by atoms with E-state index in [1.165, 1.54) is 20.5 Å². The highest BCUT2D eigenvalue weighted by Gasteiger charge is 2.21. The first-order valence-corrected chi connectivity index (χ1v) is 9.03. The van der Waals surface area contributed by atoms with Crippen molar-refractivity contribution in [1.29, 1.82) is 0 Å². The zero-order valence-electron chi connectivity index (χ0n) is 12.6. The highest BCUT2D eigenvalue weighted by molar-refractivity contribution is 7.17. The number of aromatic nitrogens is 1. The maximum atomic E-state index is 4.62. The second-order valence-corrected chi connectivity index (χ2v) is 7.41. The summed E-state index contributed by atoms with van der Waals surface area (Å²) in [4.78, 5) is 5.96. The first kappa shape index (κ1) is 14.7. The van der Waals surface area contributed by atoms with Gasteiger partial charge in [0, 0.05) is 9.58 Å². The molecule has 0 aliphatic carbocycles. The molecule has 3 rings (SSSR count). The number of rotatable bonds is 5. The van der Waals surface area contributed by atoms with Crippen LogP contribution in [0.2, 0.25) is 0 Å². The number of thiophene rings is 1. The summed E-state index contributed by atoms with van der Waals surface area (Å²) >= 11 is 3.64. The van der Waals surface area contributed by atoms with Crippen molar-refractivity contribution in [1.82, 2.24) is 10.3 Å². The van der Waals surface area contributed by atoms with E-state index in [-0.39, 0.29) is 6.04 Å². The standard InChI is InChI=1S/C17H20N2S2/c1-4-9-18-15(16-11(2)19-12(3)21-16)14-7-5-6-13-8-10-20-17(13)14/h5-8,10,15,18H,4,9H2,1-3H3. The molecule has 1 unspecified atom stereocenters. The van der Waals surface area contributed by atoms with Crippen molar-refractivity contribution >= 4 is 32.8 Å². The maximum Gasteiger partial charge on any atom is 0.0900 e. The lowest BCUT2D eigenvalue weighted by atomic mass is 10.0. The van der Waals surface area contributed by atoms with Crippen LogP contribution < -0.4 is 5.32 Å². The molecule has 0 amide bonds. The Morgan fingerprint density at radius 1 is 1.24 bits per heavy atom. The van der Waals surface area contributed by atoms with Gasteiger partial charge in [-0.3, -0.25) is 0 Å². The third-order valence-corrected chi connectivity index (χ3v) is 5.74. The van der Waals surface area contributed by atoms with Crippen LogP contribution in [-0.2, 0) is 0 Å². The minimum atomic E-state index is 0.249. The van der Waals surface area contributed by atoms with E-state index < -0.39 is 0 Å². The predicted molar refractivity (Wildman–Crippen MR) is 93.5 cm³/mol. The zero-order chi connectivity index (χ0) is 14.8. The van der Waals surface area contributed by atoms with Crippen LogP contribution in [-0.4, -0.2) is 11.5 Å². The average molecular weight is 316 g/mol. The third kappa shape index (κ3) is 2.89. The second-order valence-electron chi connectivity index (χ2n) is 5.26. The molecule has 0 bridgehead atoms. The van der Waals surface area contributed by atoms with E-state index >= 15 is 0 Å². The zero-order valence-corrected chi connectivity index (χ0v) is 14.3. The van der Waals surface area contributed by atoms with E-state index in [2.05, 4.69) is 60.7 Å². The van der Waals surface area contributed by atoms with Crippen LogP contribution in [0.15, 0.2) is 29.6 Å². The molecule has 2 nitrogen and oxygen atoms in total. The molecular weight excluding hydrogens is 296 g/mol. The van der Waals surface area contributed by atoms with Gasteiger partial charge in [-0.25, -0.2) is 4.98 Å². The van der Waals surface area contributed by atoms with Crippen molar-refractivity contribution in [2.24, 2.45) is 0 Å². The Labute approximate surface area is 133 Å². The van der Waals surface area contributed by atoms with Crippen LogP contribution in [0, 0.1) is 13.8 Å². The Bertz CT molecular complexity index is 742. The van der Waals surface area contributed by atoms with Crippen molar-refractivity contribution in [3.63, 3.8) is 0 Å². The summed E-state index contributed by atoms with van der Waals surface area (Å²) in [6.45, 7) is 7.43. The summed E-state index contributed by atoms with van der Waals surface area (Å²) < 4.78 is 1.39. The number of hydrogen-bond acceptors (Lipinski definition) is 4. The molecule has 21 heavy (non-hydrogen) atoms. The Kier molecular flexibility index (Phi) is 4.38. The van der Waals surface area contributed by atoms with Crippen LogP contribution >= 0.6 is 22.7 Å². The number of benzene rings is 1. The summed E-state index contributed by atoms with van der Waals surface area (Å²) in [7, 11) is 0. The molecule has 3 aromatic rings. The molecule has 2 aromatic heterocycles. The van der Waals surface area contributed by atoms with Crippen LogP contribution in [0.25, 0.3) is 10.1 Å². The smallest absolute Gasteiger partial charge is 0.0900 e. The molecule has 0 radical (unpaired) electrons. The Morgan fingerprint density at radius 2 is 2.10 bits per heavy atom. The molecule has 0 fully saturated rings. The van der Waals surface area contributed by atoms with Crippen molar-refractivity contribution in [3.8, 4) is 0 Å². The van der Waals surface area contributed by atoms with Crippen LogP contribution in [0.1, 0.15) is 40.5 Å².